The van der Waals surface area contributed by atoms with E-state index in [2.05, 4.69) is 122 Å². The first-order valence-corrected chi connectivity index (χ1v) is 39.9. The summed E-state index contributed by atoms with van der Waals surface area (Å²) < 4.78 is 42.5. The van der Waals surface area contributed by atoms with Crippen LogP contribution in [0.3, 0.4) is 0 Å². The number of nitrogens with zero attached hydrogens (tertiary/aromatic N) is 4. The maximum atomic E-state index is 11.0. The van der Waals surface area contributed by atoms with E-state index < -0.39 is 4.92 Å². The molecule has 0 atom stereocenters. The zero-order chi connectivity index (χ0) is 99.1. The molecule has 0 saturated carbocycles. The summed E-state index contributed by atoms with van der Waals surface area (Å²) in [7, 11) is 3.60. The number of non-ortho nitro benzene ring substituents is 1. The van der Waals surface area contributed by atoms with Crippen molar-refractivity contribution in [3.63, 3.8) is 0 Å². The molecule has 12 aromatic carbocycles. The van der Waals surface area contributed by atoms with Crippen molar-refractivity contribution in [3.05, 3.63) is 468 Å². The molecule has 0 aromatic heterocycles. The molecular weight excluding hydrogens is 1940 g/mol. The minimum absolute atomic E-state index is 0. The molecule has 12 aromatic rings. The summed E-state index contributed by atoms with van der Waals surface area (Å²) in [5, 5.41) is 62.3. The molecule has 0 radical (unpaired) electrons. The fourth-order valence-electron chi connectivity index (χ4n) is 11.7. The van der Waals surface area contributed by atoms with Gasteiger partial charge in [0, 0.05) is 49.0 Å². The van der Waals surface area contributed by atoms with Crippen molar-refractivity contribution in [2.24, 2.45) is 10.3 Å². The number of terminal acetylenes is 4. The van der Waals surface area contributed by atoms with E-state index in [1.54, 1.807) is 128 Å². The Bertz CT molecular complexity index is 6320. The second-order valence-electron chi connectivity index (χ2n) is 27.5. The summed E-state index contributed by atoms with van der Waals surface area (Å²) in [6, 6.07) is 85.9. The molecule has 33 nitrogen and oxygen atoms in total. The Balaban J connectivity index is -0.000000253. The van der Waals surface area contributed by atoms with Crippen LogP contribution in [0.5, 0.6) is 46.0 Å². The predicted octanol–water partition coefficient (Wildman–Crippen LogP) is 7.58. The van der Waals surface area contributed by atoms with Gasteiger partial charge < -0.3 is 95.4 Å². The summed E-state index contributed by atoms with van der Waals surface area (Å²) in [6.45, 7) is 27.6. The molecule has 12 rings (SSSR count). The number of anilines is 2. The predicted molar refractivity (Wildman–Crippen MR) is 544 cm³/mol. The zero-order valence-electron chi connectivity index (χ0n) is 79.0. The zero-order valence-corrected chi connectivity index (χ0v) is 89.0. The molecule has 0 fully saturated rings. The van der Waals surface area contributed by atoms with E-state index in [0.29, 0.717) is 57.4 Å². The van der Waals surface area contributed by atoms with Gasteiger partial charge in [0.2, 0.25) is 0 Å². The van der Waals surface area contributed by atoms with Crippen LogP contribution in [0.1, 0.15) is 100 Å². The van der Waals surface area contributed by atoms with Crippen molar-refractivity contribution in [1.29, 1.82) is 0 Å². The van der Waals surface area contributed by atoms with Crippen LogP contribution in [-0.2, 0) is 58.7 Å². The molecular formula is C109H111N6Na5O27. The largest absolute Gasteiger partial charge is 1.00 e. The summed E-state index contributed by atoms with van der Waals surface area (Å²) in [5.74, 6) is 1.63. The van der Waals surface area contributed by atoms with E-state index in [1.165, 1.54) is 12.1 Å². The molecule has 0 heterocycles. The standard InChI is InChI=1S/C28H19NO8.C28H21NO6.C26H25N3O6.C24H21NO6.3CH4.5Na.H2O.8H2/c1-5-32-36-20(3)34-26-15-9-23(10-16-26)28(19-22-7-13-25(14-8-22)29(30)31)24-11-17-27(18-12-24)35-21(4)37-33-6-2;1-5-30-34-20(3)32-26-15-9-23(10-16-26)28(19-22-7-13-25(29)14-8-22)24-11-17-27(18-12-24)33-21(4)35-31-6-2;1-18(34-30)32-24-13-7-21(8-14-24)26(22-9-15-25(16-10-22)33-19(2)35-31)17-20-5-11-23(12-6-20)27-28-29(3)4;1-16(30-26)28-22-11-5-19(6-12-22)24(15-18-3-9-21(25)10-4-18)20-7-13-23(14-8-20)29-17(2)31-27;;;;;;;;;;;;;;;;;/h1-2,7-19H,3-4H2;1-2,7-19H,3-4,29H2;5-17,30-31H,1-2H2,3-4H3;3-15,26-27H,1-2,25H2;3*1H4;;;;;;1H2;8*1H/q;;;;;;;5*+1;;;;;;;;;/p-5. The number of hydrogen-bond acceptors (Lipinski definition) is 31. The molecule has 0 unspecified atom stereocenters. The topological polar surface area (TPSA) is 430 Å². The van der Waals surface area contributed by atoms with Gasteiger partial charge in [-0.3, -0.25) is 15.1 Å². The van der Waals surface area contributed by atoms with E-state index in [-0.39, 0.29) is 240 Å². The van der Waals surface area contributed by atoms with Crippen LogP contribution in [0.2, 0.25) is 0 Å². The van der Waals surface area contributed by atoms with Gasteiger partial charge in [0.05, 0.1) is 10.6 Å². The molecule has 744 valence electrons. The monoisotopic (exact) mass is 2050 g/mol. The number of nitro benzene ring substituents is 1. The second kappa shape index (κ2) is 70.6. The number of ether oxygens (including phenoxy) is 8. The first kappa shape index (κ1) is 132. The molecule has 5 N–H and O–H groups in total. The average Bonchev–Trinajstić information content (AvgIpc) is 0.830. The molecule has 0 amide bonds. The SMILES string of the molecule is C.C.C.C#COOC(=C)Oc1ccc(C(=Cc2ccc(N)cc2)c2ccc(OC(=C)OOC#C)cc2)cc1.C#COOC(=C)Oc1ccc(C(=Cc2ccc([N+](=O)[O-])cc2)c2ccc(OC(=C)OOC#C)cc2)cc1.C=C(O[O-])Oc1ccc(C(=Cc2ccc(N)cc2)c2ccc(OC(=C)O[O-])cc2)cc1.C=C(O[O-])Oc1ccc(C(=Cc2ccc(N=NN(C)C)cc2)c2ccc(OC(=C)O[O-])cc2)cc1.[HH].[HH].[HH].[HH].[HH].[HH].[HH].[HH].[Na+].[Na+].[Na+].[Na+].[Na+].[OH-]. The number of hydrogen-bond donors (Lipinski definition) is 2. The van der Waals surface area contributed by atoms with E-state index in [9.17, 15) is 31.1 Å². The van der Waals surface area contributed by atoms with Gasteiger partial charge in [0.25, 0.3) is 29.5 Å². The Hall–Kier alpha value is -15.0. The van der Waals surface area contributed by atoms with Gasteiger partial charge in [-0.1, -0.05) is 187 Å². The van der Waals surface area contributed by atoms with Crippen LogP contribution in [0.25, 0.3) is 46.6 Å². The fraction of sp³-hybridized carbons (Fsp3) is 0.0459. The van der Waals surface area contributed by atoms with Crippen molar-refractivity contribution in [2.75, 3.05) is 25.6 Å². The first-order valence-electron chi connectivity index (χ1n) is 39.9. The Morgan fingerprint density at radius 3 is 0.639 bits per heavy atom. The van der Waals surface area contributed by atoms with Crippen LogP contribution < -0.4 is 218 Å². The molecule has 147 heavy (non-hydrogen) atoms. The van der Waals surface area contributed by atoms with Crippen LogP contribution in [0.4, 0.5) is 22.7 Å². The smallest absolute Gasteiger partial charge is 0.870 e. The second-order valence-corrected chi connectivity index (χ2v) is 27.5. The normalized spacial score (nSPS) is 9.21. The Labute approximate surface area is 974 Å². The maximum absolute atomic E-state index is 11.0. The van der Waals surface area contributed by atoms with Gasteiger partial charge >= 0.3 is 172 Å². The van der Waals surface area contributed by atoms with Crippen molar-refractivity contribution < 1.29 is 287 Å². The van der Waals surface area contributed by atoms with Crippen LogP contribution in [0, 0.1) is 60.2 Å². The van der Waals surface area contributed by atoms with Gasteiger partial charge in [0.1, 0.15) is 46.0 Å². The Morgan fingerprint density at radius 1 is 0.306 bits per heavy atom. The summed E-state index contributed by atoms with van der Waals surface area (Å²) in [4.78, 5) is 61.5. The number of nitro groups is 1. The van der Waals surface area contributed by atoms with E-state index >= 15 is 0 Å². The first-order chi connectivity index (χ1) is 66.7. The number of benzene rings is 12. The van der Waals surface area contributed by atoms with Gasteiger partial charge in [-0.2, -0.15) is 0 Å². The third-order valence-electron chi connectivity index (χ3n) is 17.7. The number of nitrogens with two attached hydrogens (primary N) is 2. The van der Waals surface area contributed by atoms with Gasteiger partial charge in [-0.15, -0.1) is 5.11 Å². The van der Waals surface area contributed by atoms with Gasteiger partial charge in [-0.05, 0) is 312 Å². The molecule has 0 bridgehead atoms. The Morgan fingerprint density at radius 2 is 0.476 bits per heavy atom. The number of nitrogen functional groups attached to an aromatic ring is 2. The van der Waals surface area contributed by atoms with Crippen molar-refractivity contribution >= 4 is 69.3 Å². The van der Waals surface area contributed by atoms with Gasteiger partial charge in [-0.25, -0.2) is 39.1 Å². The third-order valence-corrected chi connectivity index (χ3v) is 17.7. The van der Waals surface area contributed by atoms with Crippen molar-refractivity contribution in [2.45, 2.75) is 22.3 Å². The van der Waals surface area contributed by atoms with Crippen molar-refractivity contribution in [3.8, 4) is 96.1 Å². The summed E-state index contributed by atoms with van der Waals surface area (Å²) in [5.41, 5.74) is 27.8. The minimum atomic E-state index is -0.454. The third kappa shape index (κ3) is 45.8. The minimum Gasteiger partial charge on any atom is -0.870 e. The molecule has 0 aliphatic rings. The van der Waals surface area contributed by atoms with Gasteiger partial charge in [0.15, 0.2) is 24.4 Å². The van der Waals surface area contributed by atoms with Crippen LogP contribution in [-0.4, -0.2) is 29.5 Å². The number of rotatable bonds is 43. The molecule has 0 spiro atoms. The maximum Gasteiger partial charge on any atom is 1.00 e. The fourth-order valence-corrected chi connectivity index (χ4v) is 11.7. The molecule has 38 heteroatoms. The van der Waals surface area contributed by atoms with E-state index in [1.807, 2.05) is 219 Å². The van der Waals surface area contributed by atoms with E-state index in [0.717, 1.165) is 94.7 Å². The quantitative estimate of drug-likeness (QED) is 0.00428. The van der Waals surface area contributed by atoms with Crippen LogP contribution in [0.15, 0.2) is 402 Å². The molecule has 0 aliphatic carbocycles. The summed E-state index contributed by atoms with van der Waals surface area (Å²) >= 11 is 0. The molecule has 0 aliphatic heterocycles. The van der Waals surface area contributed by atoms with E-state index in [4.69, 9.17) is 75.1 Å². The van der Waals surface area contributed by atoms with Crippen LogP contribution >= 0.6 is 0 Å². The van der Waals surface area contributed by atoms with Crippen molar-refractivity contribution in [1.82, 2.24) is 5.01 Å². The Kier molecular flexibility index (Phi) is 63.4. The molecule has 0 saturated heterocycles. The summed E-state index contributed by atoms with van der Waals surface area (Å²) in [6.07, 6.45) is 35.2. The average molecular weight is 2050 g/mol.